The van der Waals surface area contributed by atoms with E-state index in [1.807, 2.05) is 31.2 Å². The third-order valence-corrected chi connectivity index (χ3v) is 4.20. The van der Waals surface area contributed by atoms with Crippen LogP contribution in [-0.2, 0) is 0 Å². The normalized spacial score (nSPS) is 19.4. The summed E-state index contributed by atoms with van der Waals surface area (Å²) < 4.78 is 5.42. The zero-order valence-corrected chi connectivity index (χ0v) is 13.3. The lowest BCUT2D eigenvalue weighted by Crippen LogP contribution is -2.42. The van der Waals surface area contributed by atoms with Crippen molar-refractivity contribution in [3.05, 3.63) is 29.8 Å². The Kier molecular flexibility index (Phi) is 6.24. The predicted octanol–water partition coefficient (Wildman–Crippen LogP) is 3.92. The summed E-state index contributed by atoms with van der Waals surface area (Å²) in [5.41, 5.74) is 0.791. The zero-order valence-electron chi connectivity index (χ0n) is 13.3. The van der Waals surface area contributed by atoms with Gasteiger partial charge >= 0.3 is 0 Å². The van der Waals surface area contributed by atoms with E-state index in [1.54, 1.807) is 0 Å². The topological polar surface area (TPSA) is 29.5 Å². The first-order valence-electron chi connectivity index (χ1n) is 8.24. The Hall–Kier alpha value is -1.35. The monoisotopic (exact) mass is 289 g/mol. The first kappa shape index (κ1) is 16.0. The summed E-state index contributed by atoms with van der Waals surface area (Å²) >= 11 is 0. The van der Waals surface area contributed by atoms with Gasteiger partial charge in [0.1, 0.15) is 5.75 Å². The fourth-order valence-electron chi connectivity index (χ4n) is 3.11. The van der Waals surface area contributed by atoms with Crippen LogP contribution in [0.3, 0.4) is 0 Å². The molecule has 1 aromatic carbocycles. The van der Waals surface area contributed by atoms with E-state index < -0.39 is 0 Å². The third-order valence-electron chi connectivity index (χ3n) is 4.20. The van der Waals surface area contributed by atoms with E-state index in [9.17, 15) is 4.79 Å². The lowest BCUT2D eigenvalue weighted by atomic mass is 9.97. The smallest absolute Gasteiger partial charge is 0.176 e. The van der Waals surface area contributed by atoms with Gasteiger partial charge in [-0.25, -0.2) is 0 Å². The van der Waals surface area contributed by atoms with Gasteiger partial charge in [0.05, 0.1) is 13.2 Å². The lowest BCUT2D eigenvalue weighted by molar-refractivity contribution is 0.0831. The summed E-state index contributed by atoms with van der Waals surface area (Å²) in [6.07, 6.45) is 6.16. The molecule has 1 atom stereocenters. The highest BCUT2D eigenvalue weighted by Gasteiger charge is 2.23. The molecule has 1 aromatic rings. The number of hydrogen-bond donors (Lipinski definition) is 0. The molecule has 1 aliphatic heterocycles. The van der Waals surface area contributed by atoms with Gasteiger partial charge in [0.25, 0.3) is 0 Å². The van der Waals surface area contributed by atoms with E-state index in [-0.39, 0.29) is 5.78 Å². The number of carbonyl (C=O) groups excluding carboxylic acids is 1. The fourth-order valence-corrected chi connectivity index (χ4v) is 3.11. The van der Waals surface area contributed by atoms with Crippen LogP contribution < -0.4 is 4.74 Å². The molecule has 2 rings (SSSR count). The Morgan fingerprint density at radius 1 is 1.24 bits per heavy atom. The number of piperidine rings is 1. The summed E-state index contributed by atoms with van der Waals surface area (Å²) in [4.78, 5) is 14.8. The lowest BCUT2D eigenvalue weighted by Gasteiger charge is -2.35. The number of carbonyl (C=O) groups is 1. The van der Waals surface area contributed by atoms with E-state index in [4.69, 9.17) is 4.74 Å². The summed E-state index contributed by atoms with van der Waals surface area (Å²) in [5, 5.41) is 0. The number of nitrogens with zero attached hydrogens (tertiary/aromatic N) is 1. The van der Waals surface area contributed by atoms with Crippen LogP contribution >= 0.6 is 0 Å². The van der Waals surface area contributed by atoms with Crippen LogP contribution in [0.25, 0.3) is 0 Å². The molecule has 116 valence electrons. The molecule has 0 saturated carbocycles. The minimum Gasteiger partial charge on any atom is -0.494 e. The summed E-state index contributed by atoms with van der Waals surface area (Å²) in [7, 11) is 0. The highest BCUT2D eigenvalue weighted by atomic mass is 16.5. The molecule has 0 aliphatic carbocycles. The molecule has 0 bridgehead atoms. The first-order chi connectivity index (χ1) is 10.2. The molecule has 1 aliphatic rings. The number of rotatable bonds is 7. The summed E-state index contributed by atoms with van der Waals surface area (Å²) in [6, 6.07) is 8.13. The molecule has 0 aromatic heterocycles. The van der Waals surface area contributed by atoms with Gasteiger partial charge in [-0.3, -0.25) is 9.69 Å². The second kappa shape index (κ2) is 8.18. The molecule has 1 unspecified atom stereocenters. The fraction of sp³-hybridized carbons (Fsp3) is 0.611. The van der Waals surface area contributed by atoms with Crippen molar-refractivity contribution in [3.8, 4) is 5.75 Å². The Labute approximate surface area is 128 Å². The Morgan fingerprint density at radius 3 is 2.67 bits per heavy atom. The van der Waals surface area contributed by atoms with Gasteiger partial charge in [0, 0.05) is 11.6 Å². The highest BCUT2D eigenvalue weighted by molar-refractivity contribution is 5.97. The molecule has 1 heterocycles. The molecule has 21 heavy (non-hydrogen) atoms. The van der Waals surface area contributed by atoms with Crippen molar-refractivity contribution in [1.29, 1.82) is 0 Å². The number of ketones is 1. The molecule has 0 N–H and O–H groups in total. The minimum absolute atomic E-state index is 0.223. The van der Waals surface area contributed by atoms with E-state index >= 15 is 0 Å². The minimum atomic E-state index is 0.223. The van der Waals surface area contributed by atoms with E-state index in [0.29, 0.717) is 19.2 Å². The summed E-state index contributed by atoms with van der Waals surface area (Å²) in [6.45, 7) is 6.45. The molecule has 0 radical (unpaired) electrons. The van der Waals surface area contributed by atoms with Crippen LogP contribution in [0, 0.1) is 0 Å². The first-order valence-corrected chi connectivity index (χ1v) is 8.24. The van der Waals surface area contributed by atoms with Crippen molar-refractivity contribution in [3.63, 3.8) is 0 Å². The van der Waals surface area contributed by atoms with Crippen LogP contribution in [0.2, 0.25) is 0 Å². The van der Waals surface area contributed by atoms with Crippen LogP contribution in [-0.4, -0.2) is 36.4 Å². The largest absolute Gasteiger partial charge is 0.494 e. The van der Waals surface area contributed by atoms with Crippen LogP contribution in [0.15, 0.2) is 24.3 Å². The van der Waals surface area contributed by atoms with Crippen LogP contribution in [0.1, 0.15) is 56.3 Å². The number of hydrogen-bond acceptors (Lipinski definition) is 3. The Morgan fingerprint density at radius 2 is 2.00 bits per heavy atom. The van der Waals surface area contributed by atoms with Gasteiger partial charge in [0.15, 0.2) is 5.78 Å². The maximum atomic E-state index is 12.4. The molecule has 0 amide bonds. The zero-order chi connectivity index (χ0) is 15.1. The van der Waals surface area contributed by atoms with Crippen molar-refractivity contribution in [2.75, 3.05) is 19.7 Å². The van der Waals surface area contributed by atoms with Crippen LogP contribution in [0.4, 0.5) is 0 Å². The maximum absolute atomic E-state index is 12.4. The number of likely N-dealkylation sites (tertiary alicyclic amines) is 1. The standard InChI is InChI=1S/C18H27NO2/c1-3-7-16-8-5-6-13-19(16)14-18(20)15-9-11-17(12-10-15)21-4-2/h9-12,16H,3-8,13-14H2,1-2H3. The maximum Gasteiger partial charge on any atom is 0.176 e. The van der Waals surface area contributed by atoms with Gasteiger partial charge in [0.2, 0.25) is 0 Å². The van der Waals surface area contributed by atoms with Crippen molar-refractivity contribution in [2.24, 2.45) is 0 Å². The molecular weight excluding hydrogens is 262 g/mol. The van der Waals surface area contributed by atoms with Crippen molar-refractivity contribution in [1.82, 2.24) is 4.90 Å². The van der Waals surface area contributed by atoms with Gasteiger partial charge < -0.3 is 4.74 Å². The molecule has 3 heteroatoms. The molecule has 1 fully saturated rings. The van der Waals surface area contributed by atoms with Crippen molar-refractivity contribution < 1.29 is 9.53 Å². The van der Waals surface area contributed by atoms with Crippen LogP contribution in [0.5, 0.6) is 5.75 Å². The number of benzene rings is 1. The SMILES string of the molecule is CCCC1CCCCN1CC(=O)c1ccc(OCC)cc1. The second-order valence-electron chi connectivity index (χ2n) is 5.79. The molecule has 0 spiro atoms. The van der Waals surface area contributed by atoms with E-state index in [0.717, 1.165) is 17.9 Å². The Bertz CT molecular complexity index is 439. The quantitative estimate of drug-likeness (QED) is 0.712. The Balaban J connectivity index is 1.95. The van der Waals surface area contributed by atoms with Gasteiger partial charge in [-0.15, -0.1) is 0 Å². The van der Waals surface area contributed by atoms with Gasteiger partial charge in [-0.05, 0) is 57.0 Å². The predicted molar refractivity (Wildman–Crippen MR) is 86.1 cm³/mol. The number of ether oxygens (including phenoxy) is 1. The third kappa shape index (κ3) is 4.57. The average Bonchev–Trinajstić information content (AvgIpc) is 2.50. The molecular formula is C18H27NO2. The van der Waals surface area contributed by atoms with E-state index in [1.165, 1.54) is 32.1 Å². The van der Waals surface area contributed by atoms with E-state index in [2.05, 4.69) is 11.8 Å². The van der Waals surface area contributed by atoms with Crippen molar-refractivity contribution in [2.45, 2.75) is 52.0 Å². The van der Waals surface area contributed by atoms with Crippen molar-refractivity contribution >= 4 is 5.78 Å². The molecule has 3 nitrogen and oxygen atoms in total. The van der Waals surface area contributed by atoms with Gasteiger partial charge in [-0.1, -0.05) is 19.8 Å². The second-order valence-corrected chi connectivity index (χ2v) is 5.79. The van der Waals surface area contributed by atoms with Gasteiger partial charge in [-0.2, -0.15) is 0 Å². The summed E-state index contributed by atoms with van der Waals surface area (Å²) in [5.74, 6) is 1.05. The number of Topliss-reactive ketones (excluding diaryl/α,β-unsaturated/α-hetero) is 1. The molecule has 1 saturated heterocycles. The highest BCUT2D eigenvalue weighted by Crippen LogP contribution is 2.21. The average molecular weight is 289 g/mol.